The molecule has 4 nitrogen and oxygen atoms in total. The number of hydrogen-bond donors (Lipinski definition) is 1. The zero-order valence-corrected chi connectivity index (χ0v) is 9.03. The summed E-state index contributed by atoms with van der Waals surface area (Å²) in [5.74, 6) is 0. The fourth-order valence-corrected chi connectivity index (χ4v) is 2.76. The zero-order chi connectivity index (χ0) is 11.6. The van der Waals surface area contributed by atoms with Crippen molar-refractivity contribution < 1.29 is 8.42 Å². The quantitative estimate of drug-likeness (QED) is 0.856. The lowest BCUT2D eigenvalue weighted by Gasteiger charge is -2.01. The van der Waals surface area contributed by atoms with Crippen LogP contribution in [0.4, 0.5) is 0 Å². The molecule has 1 heterocycles. The van der Waals surface area contributed by atoms with Crippen LogP contribution in [0.5, 0.6) is 0 Å². The Labute approximate surface area is 93.1 Å². The summed E-state index contributed by atoms with van der Waals surface area (Å²) in [6, 6.07) is 11.3. The highest BCUT2D eigenvalue weighted by Crippen LogP contribution is 2.21. The van der Waals surface area contributed by atoms with Crippen LogP contribution in [0.15, 0.2) is 52.5 Å². The predicted molar refractivity (Wildman–Crippen MR) is 57.4 cm³/mol. The number of nitriles is 1. The first kappa shape index (κ1) is 10.5. The van der Waals surface area contributed by atoms with Gasteiger partial charge in [0.05, 0.1) is 10.5 Å². The molecule has 0 bridgehead atoms. The number of hydrogen-bond acceptors (Lipinski definition) is 3. The van der Waals surface area contributed by atoms with Crippen molar-refractivity contribution in [2.75, 3.05) is 0 Å². The summed E-state index contributed by atoms with van der Waals surface area (Å²) in [6.07, 6.45) is 1.44. The number of aromatic amines is 1. The fourth-order valence-electron chi connectivity index (χ4n) is 1.38. The standard InChI is InChI=1S/C11H8N2O2S/c12-8-9-6-7-13-11(9)16(14,15)10-4-2-1-3-5-10/h1-7,13H. The Morgan fingerprint density at radius 3 is 2.44 bits per heavy atom. The molecule has 0 saturated heterocycles. The first-order chi connectivity index (χ1) is 7.66. The van der Waals surface area contributed by atoms with Gasteiger partial charge in [0, 0.05) is 6.20 Å². The number of benzene rings is 1. The molecule has 2 rings (SSSR count). The van der Waals surface area contributed by atoms with Crippen molar-refractivity contribution in [2.45, 2.75) is 9.92 Å². The van der Waals surface area contributed by atoms with Gasteiger partial charge in [-0.05, 0) is 18.2 Å². The van der Waals surface area contributed by atoms with Gasteiger partial charge in [0.25, 0.3) is 0 Å². The Bertz CT molecular complexity index is 636. The summed E-state index contributed by atoms with van der Waals surface area (Å²) in [6.45, 7) is 0. The van der Waals surface area contributed by atoms with E-state index in [1.165, 1.54) is 24.4 Å². The molecule has 2 aromatic rings. The third kappa shape index (κ3) is 1.59. The third-order valence-electron chi connectivity index (χ3n) is 2.15. The van der Waals surface area contributed by atoms with E-state index in [1.54, 1.807) is 18.2 Å². The summed E-state index contributed by atoms with van der Waals surface area (Å²) in [4.78, 5) is 2.76. The Balaban J connectivity index is 2.62. The van der Waals surface area contributed by atoms with Crippen molar-refractivity contribution in [3.05, 3.63) is 48.2 Å². The molecule has 1 aromatic heterocycles. The highest BCUT2D eigenvalue weighted by atomic mass is 32.2. The molecule has 0 aliphatic rings. The molecule has 0 aliphatic heterocycles. The van der Waals surface area contributed by atoms with Crippen molar-refractivity contribution in [3.8, 4) is 6.07 Å². The van der Waals surface area contributed by atoms with Crippen molar-refractivity contribution in [1.82, 2.24) is 4.98 Å². The zero-order valence-electron chi connectivity index (χ0n) is 8.21. The van der Waals surface area contributed by atoms with Crippen LogP contribution in [0.25, 0.3) is 0 Å². The number of sulfone groups is 1. The molecule has 0 atom stereocenters. The summed E-state index contributed by atoms with van der Waals surface area (Å²) in [5.41, 5.74) is 0.129. The second-order valence-corrected chi connectivity index (χ2v) is 5.04. The molecule has 0 saturated carbocycles. The lowest BCUT2D eigenvalue weighted by atomic mass is 10.4. The minimum absolute atomic E-state index is 0.0544. The second-order valence-electron chi connectivity index (χ2n) is 3.15. The van der Waals surface area contributed by atoms with Gasteiger partial charge < -0.3 is 4.98 Å². The molecule has 0 amide bonds. The van der Waals surface area contributed by atoms with Crippen LogP contribution in [0.3, 0.4) is 0 Å². The van der Waals surface area contributed by atoms with E-state index in [2.05, 4.69) is 4.98 Å². The van der Waals surface area contributed by atoms with Crippen molar-refractivity contribution in [2.24, 2.45) is 0 Å². The van der Waals surface area contributed by atoms with Gasteiger partial charge in [0.2, 0.25) is 9.84 Å². The van der Waals surface area contributed by atoms with Crippen LogP contribution in [-0.2, 0) is 9.84 Å². The van der Waals surface area contributed by atoms with E-state index in [0.717, 1.165) is 0 Å². The lowest BCUT2D eigenvalue weighted by molar-refractivity contribution is 0.593. The van der Waals surface area contributed by atoms with Crippen molar-refractivity contribution in [3.63, 3.8) is 0 Å². The van der Waals surface area contributed by atoms with Crippen LogP contribution in [0.1, 0.15) is 5.56 Å². The van der Waals surface area contributed by atoms with E-state index in [0.29, 0.717) is 0 Å². The molecule has 0 radical (unpaired) electrons. The maximum atomic E-state index is 12.1. The molecule has 1 aromatic carbocycles. The van der Waals surface area contributed by atoms with Crippen LogP contribution >= 0.6 is 0 Å². The highest BCUT2D eigenvalue weighted by molar-refractivity contribution is 7.91. The van der Waals surface area contributed by atoms with Crippen LogP contribution < -0.4 is 0 Å². The van der Waals surface area contributed by atoms with Gasteiger partial charge in [-0.25, -0.2) is 8.42 Å². The van der Waals surface area contributed by atoms with E-state index < -0.39 is 9.84 Å². The van der Waals surface area contributed by atoms with E-state index >= 15 is 0 Å². The Morgan fingerprint density at radius 1 is 1.12 bits per heavy atom. The maximum absolute atomic E-state index is 12.1. The van der Waals surface area contributed by atoms with Gasteiger partial charge in [-0.3, -0.25) is 0 Å². The number of aromatic nitrogens is 1. The average molecular weight is 232 g/mol. The van der Waals surface area contributed by atoms with Crippen molar-refractivity contribution >= 4 is 9.84 Å². The normalized spacial score (nSPS) is 10.9. The third-order valence-corrected chi connectivity index (χ3v) is 3.92. The summed E-state index contributed by atoms with van der Waals surface area (Å²) < 4.78 is 24.2. The fraction of sp³-hybridized carbons (Fsp3) is 0. The van der Waals surface area contributed by atoms with Crippen molar-refractivity contribution in [1.29, 1.82) is 5.26 Å². The molecule has 0 aliphatic carbocycles. The Hall–Kier alpha value is -2.06. The van der Waals surface area contributed by atoms with E-state index in [-0.39, 0.29) is 15.5 Å². The summed E-state index contributed by atoms with van der Waals surface area (Å²) in [7, 11) is -3.62. The Kier molecular flexibility index (Phi) is 2.50. The first-order valence-corrected chi connectivity index (χ1v) is 6.02. The maximum Gasteiger partial charge on any atom is 0.223 e. The van der Waals surface area contributed by atoms with Gasteiger partial charge in [0.1, 0.15) is 6.07 Å². The van der Waals surface area contributed by atoms with E-state index in [4.69, 9.17) is 5.26 Å². The highest BCUT2D eigenvalue weighted by Gasteiger charge is 2.21. The Morgan fingerprint density at radius 2 is 1.81 bits per heavy atom. The predicted octanol–water partition coefficient (Wildman–Crippen LogP) is 1.72. The first-order valence-electron chi connectivity index (χ1n) is 4.54. The average Bonchev–Trinajstić information content (AvgIpc) is 2.79. The van der Waals surface area contributed by atoms with Crippen LogP contribution in [-0.4, -0.2) is 13.4 Å². The molecule has 16 heavy (non-hydrogen) atoms. The van der Waals surface area contributed by atoms with Gasteiger partial charge in [0.15, 0.2) is 5.03 Å². The summed E-state index contributed by atoms with van der Waals surface area (Å²) >= 11 is 0. The smallest absolute Gasteiger partial charge is 0.223 e. The monoisotopic (exact) mass is 232 g/mol. The van der Waals surface area contributed by atoms with Gasteiger partial charge in [-0.2, -0.15) is 5.26 Å². The SMILES string of the molecule is N#Cc1cc[nH]c1S(=O)(=O)c1ccccc1. The largest absolute Gasteiger partial charge is 0.351 e. The minimum atomic E-state index is -3.62. The van der Waals surface area contributed by atoms with Gasteiger partial charge >= 0.3 is 0 Å². The molecule has 0 fully saturated rings. The molecule has 1 N–H and O–H groups in total. The minimum Gasteiger partial charge on any atom is -0.351 e. The number of H-pyrrole nitrogens is 1. The number of nitrogens with zero attached hydrogens (tertiary/aromatic N) is 1. The number of rotatable bonds is 2. The van der Waals surface area contributed by atoms with Gasteiger partial charge in [-0.15, -0.1) is 0 Å². The molecular formula is C11H8N2O2S. The summed E-state index contributed by atoms with van der Waals surface area (Å²) in [5, 5.41) is 8.73. The second kappa shape index (κ2) is 3.83. The van der Waals surface area contributed by atoms with Crippen LogP contribution in [0, 0.1) is 11.3 Å². The van der Waals surface area contributed by atoms with E-state index in [9.17, 15) is 8.42 Å². The molecular weight excluding hydrogens is 224 g/mol. The number of nitrogens with one attached hydrogen (secondary N) is 1. The molecule has 0 spiro atoms. The van der Waals surface area contributed by atoms with Crippen LogP contribution in [0.2, 0.25) is 0 Å². The molecule has 0 unspecified atom stereocenters. The molecule has 80 valence electrons. The lowest BCUT2D eigenvalue weighted by Crippen LogP contribution is -2.03. The van der Waals surface area contributed by atoms with Gasteiger partial charge in [-0.1, -0.05) is 18.2 Å². The topological polar surface area (TPSA) is 73.7 Å². The van der Waals surface area contributed by atoms with E-state index in [1.807, 2.05) is 6.07 Å². The molecule has 5 heteroatoms.